The summed E-state index contributed by atoms with van der Waals surface area (Å²) in [6, 6.07) is 15.9. The second-order valence-electron chi connectivity index (χ2n) is 6.11. The van der Waals surface area contributed by atoms with E-state index in [4.69, 9.17) is 0 Å². The first kappa shape index (κ1) is 16.5. The molecule has 24 heavy (non-hydrogen) atoms. The largest absolute Gasteiger partial charge is 0.338 e. The lowest BCUT2D eigenvalue weighted by Gasteiger charge is -2.32. The van der Waals surface area contributed by atoms with Gasteiger partial charge in [0.2, 0.25) is 0 Å². The number of piperidine rings is 1. The first-order valence-corrected chi connectivity index (χ1v) is 8.28. The molecule has 1 fully saturated rings. The van der Waals surface area contributed by atoms with Gasteiger partial charge in [-0.1, -0.05) is 30.3 Å². The number of benzene rings is 2. The highest BCUT2D eigenvalue weighted by molar-refractivity contribution is 5.89. The van der Waals surface area contributed by atoms with Crippen molar-refractivity contribution in [2.24, 2.45) is 5.92 Å². The van der Waals surface area contributed by atoms with E-state index in [-0.39, 0.29) is 17.8 Å². The summed E-state index contributed by atoms with van der Waals surface area (Å²) >= 11 is 0. The lowest BCUT2D eigenvalue weighted by atomic mass is 9.81. The van der Waals surface area contributed by atoms with Crippen molar-refractivity contribution < 1.29 is 9.18 Å². The van der Waals surface area contributed by atoms with Gasteiger partial charge in [0, 0.05) is 18.8 Å². The van der Waals surface area contributed by atoms with Gasteiger partial charge in [-0.25, -0.2) is 9.18 Å². The number of urea groups is 1. The van der Waals surface area contributed by atoms with Crippen molar-refractivity contribution in [1.82, 2.24) is 10.6 Å². The number of carbonyl (C=O) groups is 1. The molecule has 1 aliphatic heterocycles. The molecule has 2 atom stereocenters. The molecule has 0 aliphatic carbocycles. The van der Waals surface area contributed by atoms with Crippen LogP contribution in [0, 0.1) is 11.7 Å². The Morgan fingerprint density at radius 2 is 1.88 bits per heavy atom. The lowest BCUT2D eigenvalue weighted by molar-refractivity contribution is 0.245. The summed E-state index contributed by atoms with van der Waals surface area (Å²) in [5.41, 5.74) is 1.90. The number of rotatable bonds is 4. The van der Waals surface area contributed by atoms with Crippen LogP contribution < -0.4 is 16.0 Å². The third-order valence-electron chi connectivity index (χ3n) is 4.46. The topological polar surface area (TPSA) is 53.2 Å². The minimum atomic E-state index is -0.218. The van der Waals surface area contributed by atoms with E-state index in [0.717, 1.165) is 30.8 Å². The van der Waals surface area contributed by atoms with E-state index in [2.05, 4.69) is 16.0 Å². The number of nitrogens with one attached hydrogen (secondary N) is 3. The molecule has 2 amide bonds. The molecule has 3 rings (SSSR count). The van der Waals surface area contributed by atoms with Crippen molar-refractivity contribution in [2.45, 2.75) is 12.3 Å². The monoisotopic (exact) mass is 327 g/mol. The first-order chi connectivity index (χ1) is 11.7. The molecule has 126 valence electrons. The van der Waals surface area contributed by atoms with Gasteiger partial charge < -0.3 is 16.0 Å². The smallest absolute Gasteiger partial charge is 0.319 e. The second-order valence-corrected chi connectivity index (χ2v) is 6.11. The molecule has 0 bridgehead atoms. The molecule has 5 heteroatoms. The van der Waals surface area contributed by atoms with Crippen LogP contribution in [0.1, 0.15) is 17.9 Å². The van der Waals surface area contributed by atoms with Crippen LogP contribution in [0.2, 0.25) is 0 Å². The van der Waals surface area contributed by atoms with Crippen molar-refractivity contribution in [3.05, 3.63) is 66.0 Å². The van der Waals surface area contributed by atoms with E-state index < -0.39 is 0 Å². The number of anilines is 1. The highest BCUT2D eigenvalue weighted by atomic mass is 19.1. The Balaban J connectivity index is 1.57. The van der Waals surface area contributed by atoms with Crippen LogP contribution in [0.25, 0.3) is 0 Å². The van der Waals surface area contributed by atoms with Gasteiger partial charge in [0.25, 0.3) is 0 Å². The Labute approximate surface area is 141 Å². The predicted octanol–water partition coefficient (Wildman–Crippen LogP) is 3.34. The van der Waals surface area contributed by atoms with E-state index in [1.165, 1.54) is 12.1 Å². The van der Waals surface area contributed by atoms with Gasteiger partial charge in [0.1, 0.15) is 5.82 Å². The fraction of sp³-hybridized carbons (Fsp3) is 0.316. The molecule has 2 aromatic carbocycles. The SMILES string of the molecule is O=C(NC[C@H]1CNCC[C@H]1c1ccc(F)cc1)Nc1ccccc1. The maximum Gasteiger partial charge on any atom is 0.319 e. The van der Waals surface area contributed by atoms with Crippen LogP contribution >= 0.6 is 0 Å². The van der Waals surface area contributed by atoms with Crippen molar-refractivity contribution >= 4 is 11.7 Å². The summed E-state index contributed by atoms with van der Waals surface area (Å²) in [5.74, 6) is 0.388. The molecule has 0 spiro atoms. The fourth-order valence-electron chi connectivity index (χ4n) is 3.21. The zero-order chi connectivity index (χ0) is 16.8. The Hall–Kier alpha value is -2.40. The van der Waals surface area contributed by atoms with Crippen LogP contribution in [0.3, 0.4) is 0 Å². The molecule has 1 heterocycles. The van der Waals surface area contributed by atoms with Crippen LogP contribution in [-0.4, -0.2) is 25.7 Å². The fourth-order valence-corrected chi connectivity index (χ4v) is 3.21. The Morgan fingerprint density at radius 3 is 2.62 bits per heavy atom. The van der Waals surface area contributed by atoms with Crippen LogP contribution in [0.5, 0.6) is 0 Å². The molecule has 0 aromatic heterocycles. The van der Waals surface area contributed by atoms with Gasteiger partial charge in [0.15, 0.2) is 0 Å². The van der Waals surface area contributed by atoms with Crippen molar-refractivity contribution in [1.29, 1.82) is 0 Å². The van der Waals surface area contributed by atoms with Crippen molar-refractivity contribution in [3.63, 3.8) is 0 Å². The maximum atomic E-state index is 13.1. The van der Waals surface area contributed by atoms with Gasteiger partial charge in [-0.3, -0.25) is 0 Å². The average Bonchev–Trinajstić information content (AvgIpc) is 2.62. The summed E-state index contributed by atoms with van der Waals surface area (Å²) in [5, 5.41) is 9.14. The minimum absolute atomic E-state index is 0.204. The molecule has 1 saturated heterocycles. The molecule has 1 aliphatic rings. The summed E-state index contributed by atoms with van der Waals surface area (Å²) in [7, 11) is 0. The lowest BCUT2D eigenvalue weighted by Crippen LogP contribution is -2.43. The maximum absolute atomic E-state index is 13.1. The quantitative estimate of drug-likeness (QED) is 0.807. The summed E-state index contributed by atoms with van der Waals surface area (Å²) in [6.45, 7) is 2.36. The number of carbonyl (C=O) groups excluding carboxylic acids is 1. The van der Waals surface area contributed by atoms with Gasteiger partial charge in [-0.15, -0.1) is 0 Å². The number of hydrogen-bond acceptors (Lipinski definition) is 2. The van der Waals surface area contributed by atoms with Gasteiger partial charge >= 0.3 is 6.03 Å². The van der Waals surface area contributed by atoms with E-state index in [9.17, 15) is 9.18 Å². The van der Waals surface area contributed by atoms with Crippen LogP contribution in [0.4, 0.5) is 14.9 Å². The Bertz CT molecular complexity index is 660. The van der Waals surface area contributed by atoms with Crippen molar-refractivity contribution in [3.8, 4) is 0 Å². The average molecular weight is 327 g/mol. The normalized spacial score (nSPS) is 20.4. The highest BCUT2D eigenvalue weighted by Gasteiger charge is 2.26. The van der Waals surface area contributed by atoms with E-state index in [1.54, 1.807) is 0 Å². The van der Waals surface area contributed by atoms with E-state index in [1.807, 2.05) is 42.5 Å². The number of halogens is 1. The van der Waals surface area contributed by atoms with E-state index in [0.29, 0.717) is 12.5 Å². The predicted molar refractivity (Wildman–Crippen MR) is 93.6 cm³/mol. The third-order valence-corrected chi connectivity index (χ3v) is 4.46. The number of amides is 2. The third kappa shape index (κ3) is 4.32. The zero-order valence-corrected chi connectivity index (χ0v) is 13.5. The van der Waals surface area contributed by atoms with Crippen LogP contribution in [0.15, 0.2) is 54.6 Å². The van der Waals surface area contributed by atoms with E-state index >= 15 is 0 Å². The molecule has 3 N–H and O–H groups in total. The minimum Gasteiger partial charge on any atom is -0.338 e. The summed E-state index contributed by atoms with van der Waals surface area (Å²) in [4.78, 5) is 12.1. The first-order valence-electron chi connectivity index (χ1n) is 8.28. The zero-order valence-electron chi connectivity index (χ0n) is 13.5. The number of hydrogen-bond donors (Lipinski definition) is 3. The van der Waals surface area contributed by atoms with Gasteiger partial charge in [-0.05, 0) is 54.6 Å². The summed E-state index contributed by atoms with van der Waals surface area (Å²) in [6.07, 6.45) is 0.984. The molecular formula is C19H22FN3O. The summed E-state index contributed by atoms with van der Waals surface area (Å²) < 4.78 is 13.1. The second kappa shape index (κ2) is 7.93. The Kier molecular flexibility index (Phi) is 5.43. The molecule has 0 saturated carbocycles. The van der Waals surface area contributed by atoms with Gasteiger partial charge in [0.05, 0.1) is 0 Å². The molecule has 0 radical (unpaired) electrons. The van der Waals surface area contributed by atoms with Crippen LogP contribution in [-0.2, 0) is 0 Å². The van der Waals surface area contributed by atoms with Gasteiger partial charge in [-0.2, -0.15) is 0 Å². The Morgan fingerprint density at radius 1 is 1.12 bits per heavy atom. The number of para-hydroxylation sites is 1. The molecule has 0 unspecified atom stereocenters. The highest BCUT2D eigenvalue weighted by Crippen LogP contribution is 2.30. The van der Waals surface area contributed by atoms with Crippen molar-refractivity contribution in [2.75, 3.05) is 25.0 Å². The standard InChI is InChI=1S/C19H22FN3O/c20-16-8-6-14(7-9-16)18-10-11-21-12-15(18)13-22-19(24)23-17-4-2-1-3-5-17/h1-9,15,18,21H,10-13H2,(H2,22,23,24)/t15-,18+/m1/s1. The molecule has 2 aromatic rings. The molecular weight excluding hydrogens is 305 g/mol. The molecule has 4 nitrogen and oxygen atoms in total.